The average Bonchev–Trinajstić information content (AvgIpc) is 2.48. The van der Waals surface area contributed by atoms with E-state index in [1.165, 1.54) is 18.5 Å². The van der Waals surface area contributed by atoms with Crippen molar-refractivity contribution in [1.82, 2.24) is 9.71 Å². The van der Waals surface area contributed by atoms with Gasteiger partial charge in [-0.05, 0) is 24.1 Å². The smallest absolute Gasteiger partial charge is 0.245 e. The van der Waals surface area contributed by atoms with Gasteiger partial charge >= 0.3 is 0 Å². The molecule has 0 saturated heterocycles. The summed E-state index contributed by atoms with van der Waals surface area (Å²) < 4.78 is 31.4. The molecule has 0 aliphatic rings. The van der Waals surface area contributed by atoms with Gasteiger partial charge in [0, 0.05) is 25.0 Å². The highest BCUT2D eigenvalue weighted by Gasteiger charge is 2.16. The molecular formula is C14H16N2O4S. The van der Waals surface area contributed by atoms with Gasteiger partial charge in [0.2, 0.25) is 15.5 Å². The van der Waals surface area contributed by atoms with Crippen molar-refractivity contribution in [2.75, 3.05) is 13.7 Å². The lowest BCUT2D eigenvalue weighted by Crippen LogP contribution is -2.29. The molecule has 2 aromatic rings. The molecule has 0 spiro atoms. The summed E-state index contributed by atoms with van der Waals surface area (Å²) in [4.78, 5) is 13.8. The predicted octanol–water partition coefficient (Wildman–Crippen LogP) is 0.904. The molecule has 0 atom stereocenters. The van der Waals surface area contributed by atoms with Crippen LogP contribution in [0.1, 0.15) is 5.56 Å². The highest BCUT2D eigenvalue weighted by molar-refractivity contribution is 7.89. The maximum Gasteiger partial charge on any atom is 0.245 e. The first-order chi connectivity index (χ1) is 10.0. The van der Waals surface area contributed by atoms with Gasteiger partial charge in [0.25, 0.3) is 0 Å². The Kier molecular flexibility index (Phi) is 4.77. The molecular weight excluding hydrogens is 292 g/mol. The molecule has 1 heterocycles. The topological polar surface area (TPSA) is 88.3 Å². The van der Waals surface area contributed by atoms with Gasteiger partial charge in [0.05, 0.1) is 7.11 Å². The molecule has 0 radical (unpaired) electrons. The van der Waals surface area contributed by atoms with Crippen molar-refractivity contribution in [1.29, 1.82) is 0 Å². The first-order valence-electron chi connectivity index (χ1n) is 6.32. The molecule has 1 aromatic heterocycles. The molecule has 0 unspecified atom stereocenters. The zero-order valence-corrected chi connectivity index (χ0v) is 12.3. The van der Waals surface area contributed by atoms with E-state index in [1.54, 1.807) is 7.11 Å². The van der Waals surface area contributed by atoms with Crippen LogP contribution in [0.4, 0.5) is 0 Å². The number of hydrogen-bond donors (Lipinski definition) is 2. The fraction of sp³-hybridized carbons (Fsp3) is 0.214. The van der Waals surface area contributed by atoms with Crippen LogP contribution in [-0.4, -0.2) is 27.1 Å². The Hall–Kier alpha value is -2.12. The van der Waals surface area contributed by atoms with Crippen LogP contribution in [0.15, 0.2) is 52.4 Å². The quantitative estimate of drug-likeness (QED) is 0.830. The van der Waals surface area contributed by atoms with E-state index in [9.17, 15) is 13.2 Å². The van der Waals surface area contributed by atoms with E-state index in [0.717, 1.165) is 11.3 Å². The molecule has 6 nitrogen and oxygen atoms in total. The van der Waals surface area contributed by atoms with Gasteiger partial charge in [-0.1, -0.05) is 12.1 Å². The van der Waals surface area contributed by atoms with Gasteiger partial charge in [-0.25, -0.2) is 13.1 Å². The summed E-state index contributed by atoms with van der Waals surface area (Å²) in [6.45, 7) is 0.211. The molecule has 112 valence electrons. The first kappa shape index (κ1) is 15.3. The lowest BCUT2D eigenvalue weighted by molar-refractivity contribution is 0.414. The SMILES string of the molecule is COc1ccc(CCNS(=O)(=O)c2c[nH]ccc2=O)cc1. The van der Waals surface area contributed by atoms with E-state index < -0.39 is 15.5 Å². The number of H-pyrrole nitrogens is 1. The molecule has 2 rings (SSSR count). The van der Waals surface area contributed by atoms with Gasteiger partial charge in [-0.2, -0.15) is 0 Å². The molecule has 0 fully saturated rings. The van der Waals surface area contributed by atoms with Crippen LogP contribution in [0, 0.1) is 0 Å². The van der Waals surface area contributed by atoms with Crippen LogP contribution < -0.4 is 14.9 Å². The van der Waals surface area contributed by atoms with Crippen molar-refractivity contribution in [2.24, 2.45) is 0 Å². The summed E-state index contributed by atoms with van der Waals surface area (Å²) in [6, 6.07) is 8.53. The van der Waals surface area contributed by atoms with Gasteiger partial charge in [-0.15, -0.1) is 0 Å². The number of ether oxygens (including phenoxy) is 1. The molecule has 0 amide bonds. The van der Waals surface area contributed by atoms with Crippen LogP contribution in [0.5, 0.6) is 5.75 Å². The minimum Gasteiger partial charge on any atom is -0.497 e. The van der Waals surface area contributed by atoms with Crippen molar-refractivity contribution >= 4 is 10.0 Å². The van der Waals surface area contributed by atoms with Gasteiger partial charge in [0.1, 0.15) is 10.6 Å². The third kappa shape index (κ3) is 3.93. The molecule has 21 heavy (non-hydrogen) atoms. The van der Waals surface area contributed by atoms with Gasteiger partial charge in [0.15, 0.2) is 0 Å². The Morgan fingerprint density at radius 3 is 2.52 bits per heavy atom. The number of rotatable bonds is 6. The number of nitrogens with one attached hydrogen (secondary N) is 2. The Morgan fingerprint density at radius 2 is 1.90 bits per heavy atom. The zero-order chi connectivity index (χ0) is 15.3. The molecule has 2 N–H and O–H groups in total. The fourth-order valence-electron chi connectivity index (χ4n) is 1.81. The molecule has 0 aliphatic heterocycles. The Bertz CT molecular complexity index is 751. The second kappa shape index (κ2) is 6.55. The predicted molar refractivity (Wildman–Crippen MR) is 78.9 cm³/mol. The Morgan fingerprint density at radius 1 is 1.19 bits per heavy atom. The monoisotopic (exact) mass is 308 g/mol. The lowest BCUT2D eigenvalue weighted by atomic mass is 10.1. The second-order valence-corrected chi connectivity index (χ2v) is 6.10. The number of pyridine rings is 1. The van der Waals surface area contributed by atoms with Crippen molar-refractivity contribution in [3.8, 4) is 5.75 Å². The maximum atomic E-state index is 12.0. The molecule has 7 heteroatoms. The van der Waals surface area contributed by atoms with Crippen molar-refractivity contribution < 1.29 is 13.2 Å². The summed E-state index contributed by atoms with van der Waals surface area (Å²) in [7, 11) is -2.21. The summed E-state index contributed by atoms with van der Waals surface area (Å²) >= 11 is 0. The van der Waals surface area contributed by atoms with E-state index in [1.807, 2.05) is 24.3 Å². The number of hydrogen-bond acceptors (Lipinski definition) is 4. The van der Waals surface area contributed by atoms with Crippen LogP contribution in [0.2, 0.25) is 0 Å². The standard InChI is InChI=1S/C14H16N2O4S/c1-20-12-4-2-11(3-5-12)6-9-16-21(18,19)14-10-15-8-7-13(14)17/h2-5,7-8,10,16H,6,9H2,1H3,(H,15,17). The molecule has 0 saturated carbocycles. The van der Waals surface area contributed by atoms with Crippen LogP contribution >= 0.6 is 0 Å². The average molecular weight is 308 g/mol. The minimum atomic E-state index is -3.79. The van der Waals surface area contributed by atoms with Crippen molar-refractivity contribution in [3.63, 3.8) is 0 Å². The zero-order valence-electron chi connectivity index (χ0n) is 11.5. The van der Waals surface area contributed by atoms with Crippen molar-refractivity contribution in [3.05, 3.63) is 58.5 Å². The summed E-state index contributed by atoms with van der Waals surface area (Å²) in [5, 5.41) is 0. The normalized spacial score (nSPS) is 11.3. The largest absolute Gasteiger partial charge is 0.497 e. The van der Waals surface area contributed by atoms with E-state index in [0.29, 0.717) is 6.42 Å². The van der Waals surface area contributed by atoms with Gasteiger partial charge < -0.3 is 9.72 Å². The van der Waals surface area contributed by atoms with E-state index in [4.69, 9.17) is 4.74 Å². The fourth-order valence-corrected chi connectivity index (χ4v) is 2.89. The Labute approximate surface area is 122 Å². The number of aromatic amines is 1. The number of aromatic nitrogens is 1. The first-order valence-corrected chi connectivity index (χ1v) is 7.81. The van der Waals surface area contributed by atoms with Gasteiger partial charge in [-0.3, -0.25) is 4.79 Å². The van der Waals surface area contributed by atoms with Crippen LogP contribution in [-0.2, 0) is 16.4 Å². The highest BCUT2D eigenvalue weighted by atomic mass is 32.2. The third-order valence-electron chi connectivity index (χ3n) is 2.94. The molecule has 1 aromatic carbocycles. The number of sulfonamides is 1. The van der Waals surface area contributed by atoms with E-state index >= 15 is 0 Å². The van der Waals surface area contributed by atoms with E-state index in [2.05, 4.69) is 9.71 Å². The number of methoxy groups -OCH3 is 1. The maximum absolute atomic E-state index is 12.0. The number of benzene rings is 1. The molecule has 0 bridgehead atoms. The summed E-state index contributed by atoms with van der Waals surface area (Å²) in [5.41, 5.74) is 0.436. The van der Waals surface area contributed by atoms with Crippen molar-refractivity contribution in [2.45, 2.75) is 11.3 Å². The third-order valence-corrected chi connectivity index (χ3v) is 4.42. The summed E-state index contributed by atoms with van der Waals surface area (Å²) in [6.07, 6.45) is 3.09. The minimum absolute atomic E-state index is 0.211. The highest BCUT2D eigenvalue weighted by Crippen LogP contribution is 2.11. The Balaban J connectivity index is 1.99. The second-order valence-electron chi connectivity index (χ2n) is 4.37. The molecule has 0 aliphatic carbocycles. The van der Waals surface area contributed by atoms with Crippen LogP contribution in [0.3, 0.4) is 0 Å². The van der Waals surface area contributed by atoms with Crippen LogP contribution in [0.25, 0.3) is 0 Å². The summed E-state index contributed by atoms with van der Waals surface area (Å²) in [5.74, 6) is 0.746. The van der Waals surface area contributed by atoms with E-state index in [-0.39, 0.29) is 11.4 Å². The lowest BCUT2D eigenvalue weighted by Gasteiger charge is -2.06.